The van der Waals surface area contributed by atoms with Crippen LogP contribution in [-0.2, 0) is 4.74 Å². The largest absolute Gasteiger partial charge is 0.378 e. The van der Waals surface area contributed by atoms with Crippen LogP contribution in [0.2, 0.25) is 0 Å². The number of morpholine rings is 1. The Morgan fingerprint density at radius 2 is 2.00 bits per heavy atom. The molecule has 4 heterocycles. The Balaban J connectivity index is 0.00000272. The molecule has 0 amide bonds. The van der Waals surface area contributed by atoms with Crippen LogP contribution < -0.4 is 10.2 Å². The van der Waals surface area contributed by atoms with Crippen LogP contribution in [0.25, 0.3) is 21.8 Å². The molecule has 0 bridgehead atoms. The number of anilines is 2. The minimum absolute atomic E-state index is 0. The number of ether oxygens (including phenoxy) is 1. The minimum Gasteiger partial charge on any atom is -0.378 e. The normalized spacial score (nSPS) is 13.8. The molecule has 1 saturated heterocycles. The fourth-order valence-electron chi connectivity index (χ4n) is 3.27. The van der Waals surface area contributed by atoms with E-state index in [9.17, 15) is 0 Å². The van der Waals surface area contributed by atoms with E-state index in [2.05, 4.69) is 50.6 Å². The first-order chi connectivity index (χ1) is 14.7. The SMILES string of the molecule is CN(C)CCCNc1ncc(-c2ccnc(N3CCOCC3)n2)c(-c2cccs2)n1.Cl. The van der Waals surface area contributed by atoms with Crippen LogP contribution in [0.15, 0.2) is 36.0 Å². The quantitative estimate of drug-likeness (QED) is 0.512. The molecule has 0 aromatic carbocycles. The summed E-state index contributed by atoms with van der Waals surface area (Å²) in [6.07, 6.45) is 4.70. The Kier molecular flexibility index (Phi) is 8.53. The number of rotatable bonds is 8. The molecule has 3 aromatic heterocycles. The van der Waals surface area contributed by atoms with Crippen molar-refractivity contribution in [3.63, 3.8) is 0 Å². The Morgan fingerprint density at radius 1 is 1.16 bits per heavy atom. The van der Waals surface area contributed by atoms with Crippen LogP contribution in [0.3, 0.4) is 0 Å². The molecule has 0 atom stereocenters. The molecule has 10 heteroatoms. The van der Waals surface area contributed by atoms with E-state index < -0.39 is 0 Å². The summed E-state index contributed by atoms with van der Waals surface area (Å²) >= 11 is 1.66. The van der Waals surface area contributed by atoms with Crippen LogP contribution in [-0.4, -0.2) is 78.3 Å². The van der Waals surface area contributed by atoms with Crippen molar-refractivity contribution < 1.29 is 4.74 Å². The Labute approximate surface area is 193 Å². The van der Waals surface area contributed by atoms with E-state index in [1.165, 1.54) is 0 Å². The molecule has 166 valence electrons. The first kappa shape index (κ1) is 23.3. The van der Waals surface area contributed by atoms with Crippen molar-refractivity contribution in [3.8, 4) is 21.8 Å². The molecule has 0 radical (unpaired) electrons. The lowest BCUT2D eigenvalue weighted by atomic mass is 10.1. The summed E-state index contributed by atoms with van der Waals surface area (Å²) in [5, 5.41) is 5.41. The van der Waals surface area contributed by atoms with Gasteiger partial charge in [0.1, 0.15) is 0 Å². The van der Waals surface area contributed by atoms with Crippen LogP contribution in [0.1, 0.15) is 6.42 Å². The summed E-state index contributed by atoms with van der Waals surface area (Å²) in [6, 6.07) is 6.04. The van der Waals surface area contributed by atoms with Gasteiger partial charge in [-0.1, -0.05) is 6.07 Å². The van der Waals surface area contributed by atoms with Crippen molar-refractivity contribution in [2.75, 3.05) is 63.7 Å². The van der Waals surface area contributed by atoms with Gasteiger partial charge in [-0.2, -0.15) is 0 Å². The zero-order valence-electron chi connectivity index (χ0n) is 17.8. The number of nitrogens with zero attached hydrogens (tertiary/aromatic N) is 6. The zero-order valence-corrected chi connectivity index (χ0v) is 19.5. The third-order valence-corrected chi connectivity index (χ3v) is 5.70. The molecule has 31 heavy (non-hydrogen) atoms. The van der Waals surface area contributed by atoms with Crippen LogP contribution in [0.4, 0.5) is 11.9 Å². The molecule has 1 aliphatic heterocycles. The average Bonchev–Trinajstić information content (AvgIpc) is 3.32. The maximum absolute atomic E-state index is 5.45. The first-order valence-electron chi connectivity index (χ1n) is 10.2. The molecule has 0 unspecified atom stereocenters. The van der Waals surface area contributed by atoms with E-state index in [1.807, 2.05) is 18.3 Å². The van der Waals surface area contributed by atoms with Crippen molar-refractivity contribution in [3.05, 3.63) is 36.0 Å². The molecular weight excluding hydrogens is 434 g/mol. The third kappa shape index (κ3) is 6.10. The number of thiophene rings is 1. The lowest BCUT2D eigenvalue weighted by molar-refractivity contribution is 0.122. The fraction of sp³-hybridized carbons (Fsp3) is 0.429. The summed E-state index contributed by atoms with van der Waals surface area (Å²) in [6.45, 7) is 4.85. The summed E-state index contributed by atoms with van der Waals surface area (Å²) < 4.78 is 5.45. The second-order valence-corrected chi connectivity index (χ2v) is 8.31. The molecule has 1 aliphatic rings. The van der Waals surface area contributed by atoms with Gasteiger partial charge in [0.15, 0.2) is 0 Å². The number of nitrogens with one attached hydrogen (secondary N) is 1. The first-order valence-corrected chi connectivity index (χ1v) is 11.0. The highest BCUT2D eigenvalue weighted by Gasteiger charge is 2.17. The van der Waals surface area contributed by atoms with Gasteiger partial charge in [0.25, 0.3) is 0 Å². The Hall–Kier alpha value is -2.33. The minimum atomic E-state index is 0. The van der Waals surface area contributed by atoms with Crippen molar-refractivity contribution in [2.24, 2.45) is 0 Å². The summed E-state index contributed by atoms with van der Waals surface area (Å²) in [7, 11) is 4.15. The van der Waals surface area contributed by atoms with E-state index in [4.69, 9.17) is 14.7 Å². The van der Waals surface area contributed by atoms with E-state index >= 15 is 0 Å². The van der Waals surface area contributed by atoms with Gasteiger partial charge in [-0.15, -0.1) is 23.7 Å². The van der Waals surface area contributed by atoms with Crippen molar-refractivity contribution >= 4 is 35.6 Å². The fourth-order valence-corrected chi connectivity index (χ4v) is 3.99. The lowest BCUT2D eigenvalue weighted by Gasteiger charge is -2.26. The molecule has 0 spiro atoms. The van der Waals surface area contributed by atoms with Gasteiger partial charge in [0, 0.05) is 37.6 Å². The highest BCUT2D eigenvalue weighted by molar-refractivity contribution is 7.13. The second-order valence-electron chi connectivity index (χ2n) is 7.36. The van der Waals surface area contributed by atoms with Crippen molar-refractivity contribution in [2.45, 2.75) is 6.42 Å². The smallest absolute Gasteiger partial charge is 0.226 e. The summed E-state index contributed by atoms with van der Waals surface area (Å²) in [4.78, 5) is 24.1. The van der Waals surface area contributed by atoms with Gasteiger partial charge in [-0.3, -0.25) is 0 Å². The maximum atomic E-state index is 5.45. The monoisotopic (exact) mass is 461 g/mol. The van der Waals surface area contributed by atoms with E-state index in [0.29, 0.717) is 19.2 Å². The molecule has 4 rings (SSSR count). The lowest BCUT2D eigenvalue weighted by Crippen LogP contribution is -2.37. The number of hydrogen-bond donors (Lipinski definition) is 1. The molecule has 1 fully saturated rings. The van der Waals surface area contributed by atoms with E-state index in [0.717, 1.165) is 60.4 Å². The van der Waals surface area contributed by atoms with Crippen LogP contribution in [0, 0.1) is 0 Å². The second kappa shape index (κ2) is 11.3. The third-order valence-electron chi connectivity index (χ3n) is 4.82. The summed E-state index contributed by atoms with van der Waals surface area (Å²) in [5.41, 5.74) is 2.63. The van der Waals surface area contributed by atoms with Crippen molar-refractivity contribution in [1.82, 2.24) is 24.8 Å². The van der Waals surface area contributed by atoms with Gasteiger partial charge >= 0.3 is 0 Å². The van der Waals surface area contributed by atoms with Gasteiger partial charge in [-0.25, -0.2) is 19.9 Å². The van der Waals surface area contributed by atoms with Gasteiger partial charge < -0.3 is 19.9 Å². The highest BCUT2D eigenvalue weighted by Crippen LogP contribution is 2.33. The Bertz CT molecular complexity index is 949. The van der Waals surface area contributed by atoms with Gasteiger partial charge in [0.05, 0.1) is 29.5 Å². The molecular formula is C21H28ClN7OS. The molecule has 0 saturated carbocycles. The zero-order chi connectivity index (χ0) is 20.8. The number of aromatic nitrogens is 4. The number of halogens is 1. The molecule has 0 aliphatic carbocycles. The van der Waals surface area contributed by atoms with E-state index in [1.54, 1.807) is 17.5 Å². The standard InChI is InChI=1S/C21H27N7OS.ClH/c1-27(2)9-4-7-22-20-24-15-16(19(26-20)18-5-3-14-30-18)17-6-8-23-21(25-17)28-10-12-29-13-11-28;/h3,5-6,8,14-15H,4,7,9-13H2,1-2H3,(H,22,24,26);1H. The predicted molar refractivity (Wildman–Crippen MR) is 128 cm³/mol. The molecule has 8 nitrogen and oxygen atoms in total. The average molecular weight is 462 g/mol. The van der Waals surface area contributed by atoms with Gasteiger partial charge in [0.2, 0.25) is 11.9 Å². The Morgan fingerprint density at radius 3 is 2.74 bits per heavy atom. The summed E-state index contributed by atoms with van der Waals surface area (Å²) in [5.74, 6) is 1.36. The van der Waals surface area contributed by atoms with E-state index in [-0.39, 0.29) is 12.4 Å². The number of hydrogen-bond acceptors (Lipinski definition) is 9. The molecule has 3 aromatic rings. The predicted octanol–water partition coefficient (Wildman–Crippen LogP) is 3.28. The van der Waals surface area contributed by atoms with Crippen LogP contribution in [0.5, 0.6) is 0 Å². The van der Waals surface area contributed by atoms with Crippen LogP contribution >= 0.6 is 23.7 Å². The van der Waals surface area contributed by atoms with Gasteiger partial charge in [-0.05, 0) is 44.6 Å². The maximum Gasteiger partial charge on any atom is 0.226 e. The highest BCUT2D eigenvalue weighted by atomic mass is 35.5. The van der Waals surface area contributed by atoms with Crippen molar-refractivity contribution in [1.29, 1.82) is 0 Å². The molecule has 1 N–H and O–H groups in total. The topological polar surface area (TPSA) is 79.3 Å².